The molecular formula is C25H27N5O3. The van der Waals surface area contributed by atoms with Gasteiger partial charge in [-0.25, -0.2) is 4.68 Å². The molecule has 0 unspecified atom stereocenters. The SMILES string of the molecule is COc1cccc(N2CCN(C(=O)[C@@H](C)n3c4ccccc4c4cnn(C)c(=O)c43)CC2)c1. The summed E-state index contributed by atoms with van der Waals surface area (Å²) in [6.45, 7) is 4.60. The lowest BCUT2D eigenvalue weighted by Gasteiger charge is -2.37. The van der Waals surface area contributed by atoms with Crippen molar-refractivity contribution in [3.8, 4) is 5.75 Å². The summed E-state index contributed by atoms with van der Waals surface area (Å²) in [7, 11) is 3.29. The highest BCUT2D eigenvalue weighted by molar-refractivity contribution is 6.08. The number of methoxy groups -OCH3 is 1. The summed E-state index contributed by atoms with van der Waals surface area (Å²) in [5, 5.41) is 5.90. The van der Waals surface area contributed by atoms with Gasteiger partial charge in [-0.05, 0) is 25.1 Å². The molecule has 0 bridgehead atoms. The average Bonchev–Trinajstić information content (AvgIpc) is 3.20. The Morgan fingerprint density at radius 3 is 2.55 bits per heavy atom. The molecule has 1 atom stereocenters. The van der Waals surface area contributed by atoms with Gasteiger partial charge < -0.3 is 19.1 Å². The zero-order valence-corrected chi connectivity index (χ0v) is 19.1. The Labute approximate surface area is 191 Å². The number of amides is 1. The van der Waals surface area contributed by atoms with Gasteiger partial charge in [-0.15, -0.1) is 0 Å². The smallest absolute Gasteiger partial charge is 0.291 e. The third-order valence-electron chi connectivity index (χ3n) is 6.56. The van der Waals surface area contributed by atoms with Crippen LogP contribution in [-0.4, -0.2) is 58.4 Å². The van der Waals surface area contributed by atoms with Crippen LogP contribution in [0.25, 0.3) is 21.8 Å². The Kier molecular flexibility index (Phi) is 5.28. The van der Waals surface area contributed by atoms with E-state index in [-0.39, 0.29) is 11.5 Å². The van der Waals surface area contributed by atoms with Crippen LogP contribution in [0.1, 0.15) is 13.0 Å². The number of rotatable bonds is 4. The number of hydrogen-bond acceptors (Lipinski definition) is 5. The first kappa shape index (κ1) is 21.1. The molecule has 1 fully saturated rings. The monoisotopic (exact) mass is 445 g/mol. The first-order valence-electron chi connectivity index (χ1n) is 11.1. The van der Waals surface area contributed by atoms with Gasteiger partial charge in [-0.1, -0.05) is 24.3 Å². The number of carbonyl (C=O) groups excluding carboxylic acids is 1. The van der Waals surface area contributed by atoms with E-state index in [2.05, 4.69) is 16.1 Å². The predicted octanol–water partition coefficient (Wildman–Crippen LogP) is 2.81. The van der Waals surface area contributed by atoms with E-state index in [0.717, 1.165) is 40.8 Å². The molecule has 0 spiro atoms. The van der Waals surface area contributed by atoms with Crippen molar-refractivity contribution in [1.29, 1.82) is 0 Å². The van der Waals surface area contributed by atoms with E-state index in [1.165, 1.54) is 4.68 Å². The van der Waals surface area contributed by atoms with E-state index in [1.54, 1.807) is 20.4 Å². The highest BCUT2D eigenvalue weighted by atomic mass is 16.5. The highest BCUT2D eigenvalue weighted by Crippen LogP contribution is 2.30. The zero-order valence-electron chi connectivity index (χ0n) is 19.1. The number of hydrogen-bond donors (Lipinski definition) is 0. The number of fused-ring (bicyclic) bond motifs is 3. The van der Waals surface area contributed by atoms with E-state index in [0.29, 0.717) is 18.6 Å². The molecule has 3 heterocycles. The predicted molar refractivity (Wildman–Crippen MR) is 129 cm³/mol. The number of piperazine rings is 1. The quantitative estimate of drug-likeness (QED) is 0.483. The summed E-state index contributed by atoms with van der Waals surface area (Å²) < 4.78 is 8.54. The van der Waals surface area contributed by atoms with Gasteiger partial charge in [0.15, 0.2) is 0 Å². The number of ether oxygens (including phenoxy) is 1. The maximum atomic E-state index is 13.6. The third-order valence-corrected chi connectivity index (χ3v) is 6.56. The first-order valence-corrected chi connectivity index (χ1v) is 11.1. The van der Waals surface area contributed by atoms with Gasteiger partial charge in [0.1, 0.15) is 17.3 Å². The van der Waals surface area contributed by atoms with Crippen LogP contribution in [0.2, 0.25) is 0 Å². The van der Waals surface area contributed by atoms with Crippen LogP contribution in [-0.2, 0) is 11.8 Å². The third kappa shape index (κ3) is 3.51. The first-order chi connectivity index (χ1) is 16.0. The topological polar surface area (TPSA) is 72.6 Å². The zero-order chi connectivity index (χ0) is 23.1. The van der Waals surface area contributed by atoms with E-state index in [1.807, 2.05) is 58.9 Å². The Morgan fingerprint density at radius 1 is 1.03 bits per heavy atom. The van der Waals surface area contributed by atoms with Gasteiger partial charge in [-0.3, -0.25) is 9.59 Å². The van der Waals surface area contributed by atoms with Gasteiger partial charge in [0, 0.05) is 55.8 Å². The molecule has 4 aromatic rings. The van der Waals surface area contributed by atoms with Crippen LogP contribution in [0.5, 0.6) is 5.75 Å². The van der Waals surface area contributed by atoms with Crippen molar-refractivity contribution in [2.75, 3.05) is 38.2 Å². The van der Waals surface area contributed by atoms with E-state index in [9.17, 15) is 9.59 Å². The summed E-state index contributed by atoms with van der Waals surface area (Å²) in [5.74, 6) is 0.837. The molecule has 0 N–H and O–H groups in total. The number of aromatic nitrogens is 3. The molecule has 1 aliphatic heterocycles. The molecule has 0 saturated carbocycles. The molecule has 5 rings (SSSR count). The van der Waals surface area contributed by atoms with Crippen molar-refractivity contribution in [3.63, 3.8) is 0 Å². The summed E-state index contributed by atoms with van der Waals surface area (Å²) in [4.78, 5) is 30.7. The Morgan fingerprint density at radius 2 is 1.79 bits per heavy atom. The van der Waals surface area contributed by atoms with Gasteiger partial charge in [0.25, 0.3) is 5.56 Å². The van der Waals surface area contributed by atoms with Crippen molar-refractivity contribution in [3.05, 3.63) is 65.1 Å². The molecule has 1 saturated heterocycles. The van der Waals surface area contributed by atoms with Crippen LogP contribution in [0.4, 0.5) is 5.69 Å². The summed E-state index contributed by atoms with van der Waals surface area (Å²) >= 11 is 0. The van der Waals surface area contributed by atoms with Crippen molar-refractivity contribution in [2.45, 2.75) is 13.0 Å². The number of nitrogens with zero attached hydrogens (tertiary/aromatic N) is 5. The number of benzene rings is 2. The summed E-state index contributed by atoms with van der Waals surface area (Å²) in [6, 6.07) is 15.3. The van der Waals surface area contributed by atoms with Gasteiger partial charge in [-0.2, -0.15) is 5.10 Å². The number of aryl methyl sites for hydroxylation is 1. The number of anilines is 1. The van der Waals surface area contributed by atoms with Crippen molar-refractivity contribution in [1.82, 2.24) is 19.2 Å². The molecule has 170 valence electrons. The molecule has 8 nitrogen and oxygen atoms in total. The molecule has 0 aliphatic carbocycles. The largest absolute Gasteiger partial charge is 0.497 e. The fraction of sp³-hybridized carbons (Fsp3) is 0.320. The van der Waals surface area contributed by atoms with Crippen LogP contribution in [0.15, 0.2) is 59.5 Å². The molecule has 0 radical (unpaired) electrons. The average molecular weight is 446 g/mol. The van der Waals surface area contributed by atoms with Crippen LogP contribution in [0.3, 0.4) is 0 Å². The van der Waals surface area contributed by atoms with Crippen molar-refractivity contribution in [2.24, 2.45) is 7.05 Å². The molecule has 8 heteroatoms. The highest BCUT2D eigenvalue weighted by Gasteiger charge is 2.29. The van der Waals surface area contributed by atoms with Crippen molar-refractivity contribution >= 4 is 33.4 Å². The minimum Gasteiger partial charge on any atom is -0.497 e. The minimum atomic E-state index is -0.508. The standard InChI is InChI=1S/C25H27N5O3/c1-17(24(31)29-13-11-28(12-14-29)18-7-6-8-19(15-18)33-3)30-22-10-5-4-9-20(22)21-16-26-27(2)25(32)23(21)30/h4-10,15-17H,11-14H2,1-3H3/t17-/m1/s1. The van der Waals surface area contributed by atoms with Crippen LogP contribution in [0, 0.1) is 0 Å². The van der Waals surface area contributed by atoms with Crippen LogP contribution < -0.4 is 15.2 Å². The Bertz CT molecular complexity index is 1400. The lowest BCUT2D eigenvalue weighted by atomic mass is 10.2. The molecule has 1 amide bonds. The Hall–Kier alpha value is -3.81. The fourth-order valence-electron chi connectivity index (χ4n) is 4.76. The lowest BCUT2D eigenvalue weighted by Crippen LogP contribution is -2.50. The van der Waals surface area contributed by atoms with E-state index in [4.69, 9.17) is 4.74 Å². The Balaban J connectivity index is 1.43. The van der Waals surface area contributed by atoms with Gasteiger partial charge >= 0.3 is 0 Å². The van der Waals surface area contributed by atoms with Crippen molar-refractivity contribution < 1.29 is 9.53 Å². The number of para-hydroxylation sites is 1. The second-order valence-corrected chi connectivity index (χ2v) is 8.41. The second kappa shape index (κ2) is 8.27. The summed E-state index contributed by atoms with van der Waals surface area (Å²) in [6.07, 6.45) is 1.71. The minimum absolute atomic E-state index is 0.0156. The molecular weight excluding hydrogens is 418 g/mol. The maximum absolute atomic E-state index is 13.6. The van der Waals surface area contributed by atoms with Gasteiger partial charge in [0.05, 0.1) is 18.8 Å². The molecule has 2 aromatic heterocycles. The number of carbonyl (C=O) groups is 1. The normalized spacial score (nSPS) is 15.2. The maximum Gasteiger partial charge on any atom is 0.291 e. The molecule has 33 heavy (non-hydrogen) atoms. The lowest BCUT2D eigenvalue weighted by molar-refractivity contribution is -0.134. The van der Waals surface area contributed by atoms with E-state index < -0.39 is 6.04 Å². The van der Waals surface area contributed by atoms with Crippen LogP contribution >= 0.6 is 0 Å². The second-order valence-electron chi connectivity index (χ2n) is 8.41. The summed E-state index contributed by atoms with van der Waals surface area (Å²) in [5.41, 5.74) is 2.28. The van der Waals surface area contributed by atoms with E-state index >= 15 is 0 Å². The fourth-order valence-corrected chi connectivity index (χ4v) is 4.76. The van der Waals surface area contributed by atoms with Gasteiger partial charge in [0.2, 0.25) is 5.91 Å². The molecule has 1 aliphatic rings. The molecule has 2 aromatic carbocycles.